The SMILES string of the molecule is CCNC(=O)C(C)Oc1ccc(CNC)cc1OCC. The van der Waals surface area contributed by atoms with Gasteiger partial charge in [-0.1, -0.05) is 6.07 Å². The number of benzene rings is 1. The minimum Gasteiger partial charge on any atom is -0.490 e. The Labute approximate surface area is 120 Å². The predicted molar refractivity (Wildman–Crippen MR) is 79.1 cm³/mol. The second-order valence-electron chi connectivity index (χ2n) is 4.40. The molecule has 20 heavy (non-hydrogen) atoms. The second kappa shape index (κ2) is 8.43. The highest BCUT2D eigenvalue weighted by atomic mass is 16.5. The van der Waals surface area contributed by atoms with Gasteiger partial charge >= 0.3 is 0 Å². The van der Waals surface area contributed by atoms with Gasteiger partial charge in [0.2, 0.25) is 0 Å². The molecule has 0 fully saturated rings. The first-order valence-corrected chi connectivity index (χ1v) is 6.97. The molecule has 0 aliphatic carbocycles. The minimum atomic E-state index is -0.552. The molecule has 112 valence electrons. The molecule has 0 aliphatic heterocycles. The van der Waals surface area contributed by atoms with Crippen molar-refractivity contribution in [1.82, 2.24) is 10.6 Å². The molecule has 0 spiro atoms. The van der Waals surface area contributed by atoms with E-state index in [2.05, 4.69) is 10.6 Å². The van der Waals surface area contributed by atoms with Gasteiger partial charge in [-0.15, -0.1) is 0 Å². The molecular formula is C15H24N2O3. The molecule has 0 heterocycles. The van der Waals surface area contributed by atoms with Crippen molar-refractivity contribution in [1.29, 1.82) is 0 Å². The van der Waals surface area contributed by atoms with Gasteiger partial charge < -0.3 is 20.1 Å². The first kappa shape index (κ1) is 16.3. The van der Waals surface area contributed by atoms with Gasteiger partial charge in [0.05, 0.1) is 6.61 Å². The van der Waals surface area contributed by atoms with Crippen molar-refractivity contribution in [2.24, 2.45) is 0 Å². The summed E-state index contributed by atoms with van der Waals surface area (Å²) in [6.07, 6.45) is -0.552. The summed E-state index contributed by atoms with van der Waals surface area (Å²) in [5.41, 5.74) is 1.11. The molecule has 0 bridgehead atoms. The zero-order valence-electron chi connectivity index (χ0n) is 12.7. The van der Waals surface area contributed by atoms with E-state index in [0.717, 1.165) is 12.1 Å². The normalized spacial score (nSPS) is 11.8. The maximum absolute atomic E-state index is 11.7. The van der Waals surface area contributed by atoms with Crippen LogP contribution < -0.4 is 20.1 Å². The van der Waals surface area contributed by atoms with E-state index < -0.39 is 6.10 Å². The summed E-state index contributed by atoms with van der Waals surface area (Å²) in [6, 6.07) is 5.73. The number of hydrogen-bond acceptors (Lipinski definition) is 4. The number of carbonyl (C=O) groups is 1. The lowest BCUT2D eigenvalue weighted by Gasteiger charge is -2.17. The molecule has 5 heteroatoms. The van der Waals surface area contributed by atoms with Crippen LogP contribution in [0.25, 0.3) is 0 Å². The fraction of sp³-hybridized carbons (Fsp3) is 0.533. The van der Waals surface area contributed by atoms with Crippen LogP contribution in [0.5, 0.6) is 11.5 Å². The maximum atomic E-state index is 11.7. The van der Waals surface area contributed by atoms with Crippen molar-refractivity contribution < 1.29 is 14.3 Å². The fourth-order valence-electron chi connectivity index (χ4n) is 1.79. The summed E-state index contributed by atoms with van der Waals surface area (Å²) in [5.74, 6) is 1.12. The van der Waals surface area contributed by atoms with E-state index in [-0.39, 0.29) is 5.91 Å². The van der Waals surface area contributed by atoms with Crippen molar-refractivity contribution >= 4 is 5.91 Å². The molecule has 2 N–H and O–H groups in total. The van der Waals surface area contributed by atoms with Crippen LogP contribution in [0.3, 0.4) is 0 Å². The Balaban J connectivity index is 2.84. The summed E-state index contributed by atoms with van der Waals surface area (Å²) in [5, 5.41) is 5.82. The molecule has 0 saturated carbocycles. The number of rotatable bonds is 8. The number of amides is 1. The molecule has 1 rings (SSSR count). The lowest BCUT2D eigenvalue weighted by Crippen LogP contribution is -2.36. The first-order chi connectivity index (χ1) is 9.62. The lowest BCUT2D eigenvalue weighted by atomic mass is 10.2. The third-order valence-corrected chi connectivity index (χ3v) is 2.71. The molecule has 5 nitrogen and oxygen atoms in total. The molecule has 0 aromatic heterocycles. The highest BCUT2D eigenvalue weighted by Crippen LogP contribution is 2.29. The quantitative estimate of drug-likeness (QED) is 0.761. The van der Waals surface area contributed by atoms with Crippen molar-refractivity contribution in [3.63, 3.8) is 0 Å². The van der Waals surface area contributed by atoms with Gasteiger partial charge in [0.25, 0.3) is 5.91 Å². The van der Waals surface area contributed by atoms with Gasteiger partial charge in [0, 0.05) is 13.1 Å². The number of likely N-dealkylation sites (N-methyl/N-ethyl adjacent to an activating group) is 1. The number of nitrogens with one attached hydrogen (secondary N) is 2. The molecule has 1 atom stereocenters. The van der Waals surface area contributed by atoms with E-state index in [1.807, 2.05) is 39.1 Å². The van der Waals surface area contributed by atoms with Gasteiger partial charge in [-0.2, -0.15) is 0 Å². The average Bonchev–Trinajstić information content (AvgIpc) is 2.42. The van der Waals surface area contributed by atoms with Gasteiger partial charge in [-0.3, -0.25) is 4.79 Å². The van der Waals surface area contributed by atoms with Crippen LogP contribution in [-0.4, -0.2) is 32.2 Å². The monoisotopic (exact) mass is 280 g/mol. The molecule has 1 amide bonds. The van der Waals surface area contributed by atoms with E-state index in [1.165, 1.54) is 0 Å². The highest BCUT2D eigenvalue weighted by molar-refractivity contribution is 5.80. The Kier molecular flexibility index (Phi) is 6.87. The summed E-state index contributed by atoms with van der Waals surface area (Å²) in [4.78, 5) is 11.7. The van der Waals surface area contributed by atoms with Crippen LogP contribution in [0.4, 0.5) is 0 Å². The van der Waals surface area contributed by atoms with Crippen LogP contribution in [-0.2, 0) is 11.3 Å². The average molecular weight is 280 g/mol. The molecule has 1 aromatic carbocycles. The Bertz CT molecular complexity index is 435. The Morgan fingerprint density at radius 1 is 1.30 bits per heavy atom. The van der Waals surface area contributed by atoms with Gasteiger partial charge in [0.15, 0.2) is 17.6 Å². The number of carbonyl (C=O) groups excluding carboxylic acids is 1. The lowest BCUT2D eigenvalue weighted by molar-refractivity contribution is -0.127. The first-order valence-electron chi connectivity index (χ1n) is 6.97. The van der Waals surface area contributed by atoms with E-state index >= 15 is 0 Å². The maximum Gasteiger partial charge on any atom is 0.260 e. The topological polar surface area (TPSA) is 59.6 Å². The number of hydrogen-bond donors (Lipinski definition) is 2. The van der Waals surface area contributed by atoms with Crippen molar-refractivity contribution in [3.8, 4) is 11.5 Å². The van der Waals surface area contributed by atoms with Gasteiger partial charge in [-0.25, -0.2) is 0 Å². The standard InChI is InChI=1S/C15H24N2O3/c1-5-17-15(18)11(3)20-13-8-7-12(10-16-4)9-14(13)19-6-2/h7-9,11,16H,5-6,10H2,1-4H3,(H,17,18). The van der Waals surface area contributed by atoms with E-state index in [1.54, 1.807) is 6.92 Å². The number of ether oxygens (including phenoxy) is 2. The van der Waals surface area contributed by atoms with Gasteiger partial charge in [0.1, 0.15) is 0 Å². The smallest absolute Gasteiger partial charge is 0.260 e. The van der Waals surface area contributed by atoms with Crippen molar-refractivity contribution in [3.05, 3.63) is 23.8 Å². The summed E-state index contributed by atoms with van der Waals surface area (Å²) >= 11 is 0. The summed E-state index contributed by atoms with van der Waals surface area (Å²) in [6.45, 7) is 7.42. The zero-order valence-corrected chi connectivity index (χ0v) is 12.7. The molecule has 0 radical (unpaired) electrons. The largest absolute Gasteiger partial charge is 0.490 e. The minimum absolute atomic E-state index is 0.130. The third-order valence-electron chi connectivity index (χ3n) is 2.71. The molecule has 0 aliphatic rings. The van der Waals surface area contributed by atoms with E-state index in [4.69, 9.17) is 9.47 Å². The fourth-order valence-corrected chi connectivity index (χ4v) is 1.79. The van der Waals surface area contributed by atoms with Crippen LogP contribution in [0.1, 0.15) is 26.3 Å². The zero-order chi connectivity index (χ0) is 15.0. The summed E-state index contributed by atoms with van der Waals surface area (Å²) < 4.78 is 11.3. The predicted octanol–water partition coefficient (Wildman–Crippen LogP) is 1.71. The molecular weight excluding hydrogens is 256 g/mol. The molecule has 1 aromatic rings. The van der Waals surface area contributed by atoms with Crippen molar-refractivity contribution in [2.45, 2.75) is 33.4 Å². The van der Waals surface area contributed by atoms with Gasteiger partial charge in [-0.05, 0) is 45.5 Å². The van der Waals surface area contributed by atoms with Crippen molar-refractivity contribution in [2.75, 3.05) is 20.2 Å². The molecule has 1 unspecified atom stereocenters. The third kappa shape index (κ3) is 4.74. The van der Waals surface area contributed by atoms with Crippen LogP contribution in [0.2, 0.25) is 0 Å². The summed E-state index contributed by atoms with van der Waals surface area (Å²) in [7, 11) is 1.89. The van der Waals surface area contributed by atoms with Crippen LogP contribution in [0, 0.1) is 0 Å². The van der Waals surface area contributed by atoms with E-state index in [9.17, 15) is 4.79 Å². The Morgan fingerprint density at radius 2 is 2.05 bits per heavy atom. The second-order valence-corrected chi connectivity index (χ2v) is 4.40. The van der Waals surface area contributed by atoms with Crippen LogP contribution >= 0.6 is 0 Å². The molecule has 0 saturated heterocycles. The Morgan fingerprint density at radius 3 is 2.65 bits per heavy atom. The van der Waals surface area contributed by atoms with Crippen LogP contribution in [0.15, 0.2) is 18.2 Å². The Hall–Kier alpha value is -1.75. The highest BCUT2D eigenvalue weighted by Gasteiger charge is 2.16. The van der Waals surface area contributed by atoms with E-state index in [0.29, 0.717) is 24.7 Å².